The molecule has 1 aromatic carbocycles. The summed E-state index contributed by atoms with van der Waals surface area (Å²) >= 11 is 0. The lowest BCUT2D eigenvalue weighted by molar-refractivity contribution is 0.389. The average molecular weight is 332 g/mol. The highest BCUT2D eigenvalue weighted by atomic mass is 32.2. The van der Waals surface area contributed by atoms with Crippen molar-refractivity contribution in [1.82, 2.24) is 8.87 Å². The number of rotatable bonds is 4. The van der Waals surface area contributed by atoms with E-state index in [4.69, 9.17) is 0 Å². The number of fused-ring (bicyclic) bond motifs is 1. The second kappa shape index (κ2) is 6.29. The Balaban J connectivity index is 1.74. The molecule has 2 aromatic rings. The van der Waals surface area contributed by atoms with E-state index in [2.05, 4.69) is 0 Å². The van der Waals surface area contributed by atoms with E-state index in [0.29, 0.717) is 25.9 Å². The highest BCUT2D eigenvalue weighted by molar-refractivity contribution is 7.89. The van der Waals surface area contributed by atoms with Crippen LogP contribution in [0.1, 0.15) is 16.7 Å². The average Bonchev–Trinajstić information content (AvgIpc) is 2.55. The Labute approximate surface area is 136 Å². The molecule has 0 bridgehead atoms. The monoisotopic (exact) mass is 332 g/mol. The molecule has 0 atom stereocenters. The van der Waals surface area contributed by atoms with Gasteiger partial charge in [-0.05, 0) is 29.5 Å². The first-order valence-electron chi connectivity index (χ1n) is 7.66. The maximum atomic E-state index is 12.6. The molecule has 2 heterocycles. The first kappa shape index (κ1) is 16.0. The number of nitrogens with zero attached hydrogens (tertiary/aromatic N) is 2. The number of hydrogen-bond donors (Lipinski definition) is 0. The van der Waals surface area contributed by atoms with Gasteiger partial charge in [-0.3, -0.25) is 4.79 Å². The number of aromatic nitrogens is 1. The van der Waals surface area contributed by atoms with Gasteiger partial charge in [0.05, 0.1) is 5.75 Å². The minimum atomic E-state index is -3.30. The fourth-order valence-electron chi connectivity index (χ4n) is 2.87. The molecule has 0 amide bonds. The highest BCUT2D eigenvalue weighted by Gasteiger charge is 2.26. The third-order valence-electron chi connectivity index (χ3n) is 4.27. The standard InChI is InChI=1S/C17H20N2O3S/c1-18-12-16-13-19(9-7-15(16)11-17(18)20)23(21,22)10-8-14-5-3-2-4-6-14/h2-6,11-12H,7-10,13H2,1H3. The third-order valence-corrected chi connectivity index (χ3v) is 6.09. The van der Waals surface area contributed by atoms with Crippen molar-refractivity contribution >= 4 is 10.0 Å². The lowest BCUT2D eigenvalue weighted by Gasteiger charge is -2.28. The van der Waals surface area contributed by atoms with E-state index >= 15 is 0 Å². The zero-order valence-electron chi connectivity index (χ0n) is 13.1. The van der Waals surface area contributed by atoms with Crippen molar-refractivity contribution in [2.75, 3.05) is 12.3 Å². The van der Waals surface area contributed by atoms with Crippen molar-refractivity contribution in [2.45, 2.75) is 19.4 Å². The Kier molecular flexibility index (Phi) is 4.37. The minimum Gasteiger partial charge on any atom is -0.318 e. The molecular formula is C17H20N2O3S. The van der Waals surface area contributed by atoms with Gasteiger partial charge in [0.2, 0.25) is 10.0 Å². The predicted molar refractivity (Wildman–Crippen MR) is 89.7 cm³/mol. The van der Waals surface area contributed by atoms with Crippen LogP contribution in [0.5, 0.6) is 0 Å². The summed E-state index contributed by atoms with van der Waals surface area (Å²) in [7, 11) is -1.62. The van der Waals surface area contributed by atoms with Crippen molar-refractivity contribution < 1.29 is 8.42 Å². The second-order valence-corrected chi connectivity index (χ2v) is 8.00. The van der Waals surface area contributed by atoms with E-state index in [9.17, 15) is 13.2 Å². The Morgan fingerprint density at radius 3 is 2.61 bits per heavy atom. The summed E-state index contributed by atoms with van der Waals surface area (Å²) in [5, 5.41) is 0. The molecule has 0 aliphatic carbocycles. The van der Waals surface area contributed by atoms with Crippen molar-refractivity contribution in [3.05, 3.63) is 69.6 Å². The summed E-state index contributed by atoms with van der Waals surface area (Å²) in [5.74, 6) is 0.109. The zero-order valence-corrected chi connectivity index (χ0v) is 13.9. The van der Waals surface area contributed by atoms with Crippen LogP contribution in [-0.4, -0.2) is 29.6 Å². The normalized spacial score (nSPS) is 15.3. The summed E-state index contributed by atoms with van der Waals surface area (Å²) in [6, 6.07) is 11.2. The lowest BCUT2D eigenvalue weighted by atomic mass is 10.0. The van der Waals surface area contributed by atoms with Gasteiger partial charge in [-0.25, -0.2) is 8.42 Å². The summed E-state index contributed by atoms with van der Waals surface area (Å²) in [4.78, 5) is 11.7. The van der Waals surface area contributed by atoms with Gasteiger partial charge in [0, 0.05) is 32.4 Å². The zero-order chi connectivity index (χ0) is 16.4. The van der Waals surface area contributed by atoms with Gasteiger partial charge in [0.1, 0.15) is 0 Å². The molecule has 0 fully saturated rings. The van der Waals surface area contributed by atoms with Crippen LogP contribution in [0.2, 0.25) is 0 Å². The van der Waals surface area contributed by atoms with Crippen molar-refractivity contribution in [3.63, 3.8) is 0 Å². The first-order valence-corrected chi connectivity index (χ1v) is 9.27. The SMILES string of the molecule is Cn1cc2c(cc1=O)CCN(S(=O)(=O)CCc1ccccc1)C2. The fourth-order valence-corrected chi connectivity index (χ4v) is 4.33. The predicted octanol–water partition coefficient (Wildman–Crippen LogP) is 1.32. The molecule has 0 saturated heterocycles. The molecule has 0 radical (unpaired) electrons. The van der Waals surface area contributed by atoms with Crippen LogP contribution in [0, 0.1) is 0 Å². The van der Waals surface area contributed by atoms with Crippen molar-refractivity contribution in [1.29, 1.82) is 0 Å². The van der Waals surface area contributed by atoms with E-state index < -0.39 is 10.0 Å². The molecule has 0 N–H and O–H groups in total. The maximum Gasteiger partial charge on any atom is 0.250 e. The van der Waals surface area contributed by atoms with Crippen LogP contribution in [0.4, 0.5) is 0 Å². The van der Waals surface area contributed by atoms with E-state index in [1.54, 1.807) is 19.3 Å². The molecular weight excluding hydrogens is 312 g/mol. The van der Waals surface area contributed by atoms with E-state index in [0.717, 1.165) is 16.7 Å². The largest absolute Gasteiger partial charge is 0.318 e. The van der Waals surface area contributed by atoms with Gasteiger partial charge in [0.15, 0.2) is 0 Å². The summed E-state index contributed by atoms with van der Waals surface area (Å²) in [6.07, 6.45) is 2.85. The smallest absolute Gasteiger partial charge is 0.250 e. The number of aryl methyl sites for hydroxylation is 2. The summed E-state index contributed by atoms with van der Waals surface area (Å²) < 4.78 is 28.2. The quantitative estimate of drug-likeness (QED) is 0.848. The Bertz CT molecular complexity index is 857. The Morgan fingerprint density at radius 2 is 1.87 bits per heavy atom. The number of benzene rings is 1. The molecule has 1 aliphatic rings. The van der Waals surface area contributed by atoms with Gasteiger partial charge in [0.25, 0.3) is 5.56 Å². The molecule has 0 saturated carbocycles. The molecule has 5 nitrogen and oxygen atoms in total. The summed E-state index contributed by atoms with van der Waals surface area (Å²) in [5.41, 5.74) is 2.85. The molecule has 1 aliphatic heterocycles. The molecule has 122 valence electrons. The van der Waals surface area contributed by atoms with Crippen LogP contribution in [0.3, 0.4) is 0 Å². The summed E-state index contributed by atoms with van der Waals surface area (Å²) in [6.45, 7) is 0.790. The molecule has 0 spiro atoms. The number of pyridine rings is 1. The molecule has 23 heavy (non-hydrogen) atoms. The van der Waals surface area contributed by atoms with Crippen molar-refractivity contribution in [2.24, 2.45) is 7.05 Å². The molecule has 0 unspecified atom stereocenters. The maximum absolute atomic E-state index is 12.6. The van der Waals surface area contributed by atoms with Crippen LogP contribution >= 0.6 is 0 Å². The van der Waals surface area contributed by atoms with E-state index in [1.807, 2.05) is 30.3 Å². The molecule has 6 heteroatoms. The Morgan fingerprint density at radius 1 is 1.13 bits per heavy atom. The molecule has 1 aromatic heterocycles. The van der Waals surface area contributed by atoms with Gasteiger partial charge in [-0.1, -0.05) is 30.3 Å². The van der Waals surface area contributed by atoms with Gasteiger partial charge in [-0.15, -0.1) is 0 Å². The number of sulfonamides is 1. The number of hydrogen-bond acceptors (Lipinski definition) is 3. The topological polar surface area (TPSA) is 59.4 Å². The Hall–Kier alpha value is -1.92. The van der Waals surface area contributed by atoms with Crippen LogP contribution in [0.25, 0.3) is 0 Å². The van der Waals surface area contributed by atoms with E-state index in [-0.39, 0.29) is 11.3 Å². The van der Waals surface area contributed by atoms with E-state index in [1.165, 1.54) is 8.87 Å². The molecule has 3 rings (SSSR count). The van der Waals surface area contributed by atoms with Gasteiger partial charge in [-0.2, -0.15) is 4.31 Å². The van der Waals surface area contributed by atoms with Crippen LogP contribution < -0.4 is 5.56 Å². The lowest BCUT2D eigenvalue weighted by Crippen LogP contribution is -2.38. The van der Waals surface area contributed by atoms with Gasteiger partial charge >= 0.3 is 0 Å². The third kappa shape index (κ3) is 3.54. The minimum absolute atomic E-state index is 0.0517. The highest BCUT2D eigenvalue weighted by Crippen LogP contribution is 2.20. The van der Waals surface area contributed by atoms with Gasteiger partial charge < -0.3 is 4.57 Å². The van der Waals surface area contributed by atoms with Crippen LogP contribution in [-0.2, 0) is 36.5 Å². The first-order chi connectivity index (χ1) is 11.0. The second-order valence-electron chi connectivity index (χ2n) is 5.91. The fraction of sp³-hybridized carbons (Fsp3) is 0.353. The van der Waals surface area contributed by atoms with Crippen LogP contribution in [0.15, 0.2) is 47.4 Å². The van der Waals surface area contributed by atoms with Crippen molar-refractivity contribution in [3.8, 4) is 0 Å².